The number of aromatic nitrogens is 4. The van der Waals surface area contributed by atoms with E-state index in [4.69, 9.17) is 4.52 Å². The molecular weight excluding hydrogens is 367 g/mol. The lowest BCUT2D eigenvalue weighted by Crippen LogP contribution is -1.94. The molecule has 5 rings (SSSR count). The average Bonchev–Trinajstić information content (AvgIpc) is 3.42. The van der Waals surface area contributed by atoms with Gasteiger partial charge in [-0.15, -0.1) is 0 Å². The Labute approximate surface area is 166 Å². The van der Waals surface area contributed by atoms with Gasteiger partial charge in [0.2, 0.25) is 0 Å². The van der Waals surface area contributed by atoms with Crippen LogP contribution in [0, 0.1) is 5.82 Å². The highest BCUT2D eigenvalue weighted by atomic mass is 19.1. The zero-order valence-electron chi connectivity index (χ0n) is 15.5. The Morgan fingerprint density at radius 3 is 2.55 bits per heavy atom. The van der Waals surface area contributed by atoms with Crippen molar-refractivity contribution in [2.24, 2.45) is 0 Å². The van der Waals surface area contributed by atoms with E-state index in [1.165, 1.54) is 6.07 Å². The van der Waals surface area contributed by atoms with Crippen molar-refractivity contribution in [2.45, 2.75) is 12.8 Å². The fourth-order valence-electron chi connectivity index (χ4n) is 3.41. The molecule has 0 fully saturated rings. The number of fused-ring (bicyclic) bond motifs is 1. The molecule has 0 saturated heterocycles. The van der Waals surface area contributed by atoms with E-state index in [1.54, 1.807) is 18.3 Å². The maximum Gasteiger partial charge on any atom is 0.260 e. The van der Waals surface area contributed by atoms with E-state index in [1.807, 2.05) is 48.5 Å². The van der Waals surface area contributed by atoms with Crippen molar-refractivity contribution in [3.8, 4) is 22.6 Å². The Morgan fingerprint density at radius 2 is 1.69 bits per heavy atom. The van der Waals surface area contributed by atoms with E-state index in [0.29, 0.717) is 23.7 Å². The zero-order chi connectivity index (χ0) is 19.6. The summed E-state index contributed by atoms with van der Waals surface area (Å²) in [5.74, 6) is 0.909. The molecule has 0 amide bonds. The van der Waals surface area contributed by atoms with E-state index in [0.717, 1.165) is 34.0 Å². The zero-order valence-corrected chi connectivity index (χ0v) is 15.5. The van der Waals surface area contributed by atoms with Crippen LogP contribution in [0.25, 0.3) is 33.5 Å². The van der Waals surface area contributed by atoms with Gasteiger partial charge >= 0.3 is 0 Å². The van der Waals surface area contributed by atoms with Gasteiger partial charge in [-0.2, -0.15) is 10.1 Å². The predicted octanol–water partition coefficient (Wildman–Crippen LogP) is 5.20. The van der Waals surface area contributed by atoms with Crippen LogP contribution in [0.2, 0.25) is 0 Å². The molecule has 29 heavy (non-hydrogen) atoms. The number of hydrogen-bond donors (Lipinski definition) is 1. The number of aryl methyl sites for hydroxylation is 2. The first-order valence-corrected chi connectivity index (χ1v) is 9.37. The van der Waals surface area contributed by atoms with Crippen molar-refractivity contribution in [3.05, 3.63) is 90.1 Å². The summed E-state index contributed by atoms with van der Waals surface area (Å²) in [5.41, 5.74) is 4.32. The number of benzene rings is 3. The lowest BCUT2D eigenvalue weighted by molar-refractivity contribution is 0.422. The van der Waals surface area contributed by atoms with Gasteiger partial charge in [-0.3, -0.25) is 5.10 Å². The van der Waals surface area contributed by atoms with Crippen molar-refractivity contribution < 1.29 is 8.91 Å². The minimum absolute atomic E-state index is 0.216. The molecule has 0 atom stereocenters. The monoisotopic (exact) mass is 384 g/mol. The topological polar surface area (TPSA) is 67.6 Å². The number of halogens is 1. The lowest BCUT2D eigenvalue weighted by Gasteiger charge is -2.05. The summed E-state index contributed by atoms with van der Waals surface area (Å²) in [6, 6.07) is 20.5. The van der Waals surface area contributed by atoms with Crippen LogP contribution >= 0.6 is 0 Å². The van der Waals surface area contributed by atoms with Gasteiger partial charge in [0.25, 0.3) is 5.89 Å². The molecule has 0 aliphatic heterocycles. The third-order valence-electron chi connectivity index (χ3n) is 4.95. The third-order valence-corrected chi connectivity index (χ3v) is 4.95. The first-order valence-electron chi connectivity index (χ1n) is 9.37. The van der Waals surface area contributed by atoms with Crippen molar-refractivity contribution in [3.63, 3.8) is 0 Å². The summed E-state index contributed by atoms with van der Waals surface area (Å²) in [4.78, 5) is 4.53. The average molecular weight is 384 g/mol. The van der Waals surface area contributed by atoms with Crippen molar-refractivity contribution in [2.75, 3.05) is 0 Å². The maximum absolute atomic E-state index is 13.9. The standard InChI is InChI=1S/C23H17FN4O/c24-20-7-2-1-5-18(20)16-11-8-15(9-12-16)10-13-21-26-23(29-28-21)19-6-3-4-17-14-25-27-22(17)19/h1-9,11-12,14H,10,13H2,(H,25,27). The molecule has 5 aromatic rings. The summed E-state index contributed by atoms with van der Waals surface area (Å²) in [5, 5.41) is 12.1. The van der Waals surface area contributed by atoms with Crippen LogP contribution in [-0.2, 0) is 12.8 Å². The Bertz CT molecular complexity index is 1270. The van der Waals surface area contributed by atoms with Gasteiger partial charge in [0.05, 0.1) is 17.3 Å². The molecule has 0 spiro atoms. The van der Waals surface area contributed by atoms with Gasteiger partial charge in [-0.25, -0.2) is 4.39 Å². The third kappa shape index (κ3) is 3.40. The van der Waals surface area contributed by atoms with Gasteiger partial charge in [0, 0.05) is 17.4 Å². The van der Waals surface area contributed by atoms with Crippen LogP contribution < -0.4 is 0 Å². The van der Waals surface area contributed by atoms with Crippen molar-refractivity contribution in [1.82, 2.24) is 20.3 Å². The molecule has 3 aromatic carbocycles. The molecule has 142 valence electrons. The maximum atomic E-state index is 13.9. The fourth-order valence-corrected chi connectivity index (χ4v) is 3.41. The minimum Gasteiger partial charge on any atom is -0.334 e. The molecule has 2 aromatic heterocycles. The second-order valence-corrected chi connectivity index (χ2v) is 6.83. The van der Waals surface area contributed by atoms with Gasteiger partial charge in [0.15, 0.2) is 5.82 Å². The van der Waals surface area contributed by atoms with E-state index in [2.05, 4.69) is 20.3 Å². The second kappa shape index (κ2) is 7.31. The first-order chi connectivity index (χ1) is 14.3. The van der Waals surface area contributed by atoms with Gasteiger partial charge in [0.1, 0.15) is 5.82 Å². The normalized spacial score (nSPS) is 11.2. The summed E-state index contributed by atoms with van der Waals surface area (Å²) in [6.45, 7) is 0. The van der Waals surface area contributed by atoms with Gasteiger partial charge in [-0.1, -0.05) is 59.8 Å². The summed E-state index contributed by atoms with van der Waals surface area (Å²) in [6.07, 6.45) is 3.19. The molecule has 0 saturated carbocycles. The van der Waals surface area contributed by atoms with Crippen molar-refractivity contribution >= 4 is 10.9 Å². The van der Waals surface area contributed by atoms with Crippen LogP contribution in [0.3, 0.4) is 0 Å². The van der Waals surface area contributed by atoms with Crippen LogP contribution in [0.1, 0.15) is 11.4 Å². The molecule has 1 N–H and O–H groups in total. The van der Waals surface area contributed by atoms with Crippen molar-refractivity contribution in [1.29, 1.82) is 0 Å². The molecule has 0 bridgehead atoms. The Hall–Kier alpha value is -3.80. The smallest absolute Gasteiger partial charge is 0.260 e. The van der Waals surface area contributed by atoms with E-state index >= 15 is 0 Å². The number of nitrogens with one attached hydrogen (secondary N) is 1. The number of nitrogens with zero attached hydrogens (tertiary/aromatic N) is 3. The largest absolute Gasteiger partial charge is 0.334 e. The van der Waals surface area contributed by atoms with Crippen LogP contribution in [0.5, 0.6) is 0 Å². The highest BCUT2D eigenvalue weighted by Crippen LogP contribution is 2.26. The number of para-hydroxylation sites is 1. The van der Waals surface area contributed by atoms with E-state index in [-0.39, 0.29) is 5.82 Å². The summed E-state index contributed by atoms with van der Waals surface area (Å²) >= 11 is 0. The summed E-state index contributed by atoms with van der Waals surface area (Å²) < 4.78 is 19.4. The highest BCUT2D eigenvalue weighted by Gasteiger charge is 2.13. The van der Waals surface area contributed by atoms with E-state index < -0.39 is 0 Å². The molecule has 0 unspecified atom stereocenters. The number of hydrogen-bond acceptors (Lipinski definition) is 4. The van der Waals surface area contributed by atoms with Crippen LogP contribution in [0.4, 0.5) is 4.39 Å². The van der Waals surface area contributed by atoms with Crippen LogP contribution in [-0.4, -0.2) is 20.3 Å². The minimum atomic E-state index is -0.216. The molecule has 5 nitrogen and oxygen atoms in total. The number of rotatable bonds is 5. The molecule has 6 heteroatoms. The van der Waals surface area contributed by atoms with Crippen LogP contribution in [0.15, 0.2) is 77.4 Å². The molecule has 0 radical (unpaired) electrons. The number of H-pyrrole nitrogens is 1. The molecule has 0 aliphatic rings. The quantitative estimate of drug-likeness (QED) is 0.452. The first kappa shape index (κ1) is 17.3. The Kier molecular flexibility index (Phi) is 4.37. The molecular formula is C23H17FN4O. The Morgan fingerprint density at radius 1 is 0.862 bits per heavy atom. The fraction of sp³-hybridized carbons (Fsp3) is 0.0870. The molecule has 2 heterocycles. The van der Waals surface area contributed by atoms with Gasteiger partial charge < -0.3 is 4.52 Å². The second-order valence-electron chi connectivity index (χ2n) is 6.83. The SMILES string of the molecule is Fc1ccccc1-c1ccc(CCc2noc(-c3cccc4cn[nH]c34)n2)cc1. The van der Waals surface area contributed by atoms with Gasteiger partial charge in [-0.05, 0) is 29.7 Å². The highest BCUT2D eigenvalue weighted by molar-refractivity contribution is 5.90. The van der Waals surface area contributed by atoms with E-state index in [9.17, 15) is 4.39 Å². The predicted molar refractivity (Wildman–Crippen MR) is 109 cm³/mol. The summed E-state index contributed by atoms with van der Waals surface area (Å²) in [7, 11) is 0. The molecule has 0 aliphatic carbocycles. The number of aromatic amines is 1. The lowest BCUT2D eigenvalue weighted by atomic mass is 10.0. The Balaban J connectivity index is 1.30.